The molecule has 0 radical (unpaired) electrons. The summed E-state index contributed by atoms with van der Waals surface area (Å²) in [4.78, 5) is 19.5. The number of para-hydroxylation sites is 2. The quantitative estimate of drug-likeness (QED) is 0.354. The van der Waals surface area contributed by atoms with E-state index in [0.29, 0.717) is 5.69 Å². The molecular weight excluding hydrogens is 444 g/mol. The van der Waals surface area contributed by atoms with Gasteiger partial charge in [0, 0.05) is 12.4 Å². The average molecular weight is 469 g/mol. The van der Waals surface area contributed by atoms with Gasteiger partial charge in [0.25, 0.3) is 5.56 Å². The maximum atomic E-state index is 13.9. The molecule has 0 spiro atoms. The third kappa shape index (κ3) is 3.80. The molecular formula is C27H24N4O2S. The lowest BCUT2D eigenvalue weighted by Gasteiger charge is -2.09. The lowest BCUT2D eigenvalue weighted by Crippen LogP contribution is -2.24. The molecule has 0 saturated heterocycles. The molecule has 0 saturated carbocycles. The molecule has 5 aromatic rings. The summed E-state index contributed by atoms with van der Waals surface area (Å²) in [6.45, 7) is 1.96. The Morgan fingerprint density at radius 2 is 1.53 bits per heavy atom. The van der Waals surface area contributed by atoms with Gasteiger partial charge in [0.2, 0.25) is 0 Å². The zero-order chi connectivity index (χ0) is 23.7. The van der Waals surface area contributed by atoms with Crippen molar-refractivity contribution in [1.82, 2.24) is 13.9 Å². The molecule has 0 aliphatic rings. The van der Waals surface area contributed by atoms with E-state index in [9.17, 15) is 4.79 Å². The van der Waals surface area contributed by atoms with Crippen LogP contribution >= 0.6 is 11.3 Å². The molecule has 0 unspecified atom stereocenters. The van der Waals surface area contributed by atoms with Gasteiger partial charge in [0.05, 0.1) is 29.9 Å². The van der Waals surface area contributed by atoms with Crippen molar-refractivity contribution in [1.29, 1.82) is 0 Å². The van der Waals surface area contributed by atoms with Crippen molar-refractivity contribution < 1.29 is 4.74 Å². The fraction of sp³-hybridized carbons (Fsp3) is 0.111. The predicted molar refractivity (Wildman–Crippen MR) is 137 cm³/mol. The van der Waals surface area contributed by atoms with Gasteiger partial charge in [-0.3, -0.25) is 14.0 Å². The Bertz CT molecular complexity index is 1560. The van der Waals surface area contributed by atoms with Crippen molar-refractivity contribution >= 4 is 17.0 Å². The molecule has 0 aliphatic heterocycles. The summed E-state index contributed by atoms with van der Waals surface area (Å²) >= 11 is 1.51. The molecule has 0 bridgehead atoms. The number of ether oxygens (including phenoxy) is 1. The van der Waals surface area contributed by atoms with Gasteiger partial charge in [-0.1, -0.05) is 36.4 Å². The lowest BCUT2D eigenvalue weighted by molar-refractivity contribution is 0.415. The molecule has 5 rings (SSSR count). The summed E-state index contributed by atoms with van der Waals surface area (Å²) in [6, 6.07) is 27.3. The van der Waals surface area contributed by atoms with Crippen molar-refractivity contribution in [3.8, 4) is 28.4 Å². The SMILES string of the molecule is COc1ccc(-c2csc(=Nc3ccccc3)n2-c2c(C)n(C)n(-c3ccccc3)c2=O)cc1. The number of rotatable bonds is 5. The Hall–Kier alpha value is -4.10. The van der Waals surface area contributed by atoms with E-state index in [1.54, 1.807) is 11.8 Å². The van der Waals surface area contributed by atoms with Crippen molar-refractivity contribution in [3.05, 3.63) is 111 Å². The second kappa shape index (κ2) is 9.03. The fourth-order valence-electron chi connectivity index (χ4n) is 3.99. The zero-order valence-corrected chi connectivity index (χ0v) is 20.0. The van der Waals surface area contributed by atoms with Crippen LogP contribution in [0.2, 0.25) is 0 Å². The van der Waals surface area contributed by atoms with E-state index in [2.05, 4.69) is 0 Å². The summed E-state index contributed by atoms with van der Waals surface area (Å²) in [5, 5.41) is 2.04. The molecule has 3 aromatic carbocycles. The number of benzene rings is 3. The molecule has 34 heavy (non-hydrogen) atoms. The zero-order valence-electron chi connectivity index (χ0n) is 19.2. The summed E-state index contributed by atoms with van der Waals surface area (Å²) in [6.07, 6.45) is 0. The molecule has 2 aromatic heterocycles. The fourth-order valence-corrected chi connectivity index (χ4v) is 4.90. The normalized spacial score (nSPS) is 11.7. The van der Waals surface area contributed by atoms with E-state index in [-0.39, 0.29) is 5.56 Å². The van der Waals surface area contributed by atoms with Crippen LogP contribution in [0.1, 0.15) is 5.69 Å². The highest BCUT2D eigenvalue weighted by atomic mass is 32.1. The monoisotopic (exact) mass is 468 g/mol. The minimum absolute atomic E-state index is 0.103. The molecule has 2 heterocycles. The van der Waals surface area contributed by atoms with E-state index in [4.69, 9.17) is 9.73 Å². The van der Waals surface area contributed by atoms with E-state index in [1.165, 1.54) is 11.3 Å². The van der Waals surface area contributed by atoms with E-state index < -0.39 is 0 Å². The van der Waals surface area contributed by atoms with Gasteiger partial charge in [-0.2, -0.15) is 0 Å². The predicted octanol–water partition coefficient (Wildman–Crippen LogP) is 5.24. The number of hydrogen-bond donors (Lipinski definition) is 0. The summed E-state index contributed by atoms with van der Waals surface area (Å²) in [5.41, 5.74) is 4.83. The lowest BCUT2D eigenvalue weighted by atomic mass is 10.1. The highest BCUT2D eigenvalue weighted by Crippen LogP contribution is 2.27. The number of methoxy groups -OCH3 is 1. The van der Waals surface area contributed by atoms with Crippen LogP contribution in [0.25, 0.3) is 22.6 Å². The maximum Gasteiger partial charge on any atom is 0.296 e. The van der Waals surface area contributed by atoms with Gasteiger partial charge in [-0.25, -0.2) is 9.67 Å². The van der Waals surface area contributed by atoms with Crippen molar-refractivity contribution in [2.24, 2.45) is 12.0 Å². The van der Waals surface area contributed by atoms with E-state index in [0.717, 1.165) is 38.9 Å². The van der Waals surface area contributed by atoms with Gasteiger partial charge in [0.15, 0.2) is 4.80 Å². The molecule has 0 fully saturated rings. The molecule has 7 heteroatoms. The smallest absolute Gasteiger partial charge is 0.296 e. The molecule has 0 amide bonds. The Morgan fingerprint density at radius 3 is 2.18 bits per heavy atom. The van der Waals surface area contributed by atoms with Crippen LogP contribution in [0, 0.1) is 6.92 Å². The number of hydrogen-bond acceptors (Lipinski definition) is 4. The molecule has 0 aliphatic carbocycles. The largest absolute Gasteiger partial charge is 0.497 e. The van der Waals surface area contributed by atoms with Gasteiger partial charge in [-0.05, 0) is 61.0 Å². The molecule has 6 nitrogen and oxygen atoms in total. The molecule has 170 valence electrons. The van der Waals surface area contributed by atoms with Crippen molar-refractivity contribution in [2.45, 2.75) is 6.92 Å². The topological polar surface area (TPSA) is 53.4 Å². The first-order valence-electron chi connectivity index (χ1n) is 10.9. The van der Waals surface area contributed by atoms with Crippen molar-refractivity contribution in [2.75, 3.05) is 7.11 Å². The van der Waals surface area contributed by atoms with Gasteiger partial charge < -0.3 is 4.74 Å². The Balaban J connectivity index is 1.81. The molecule has 0 atom stereocenters. The number of aromatic nitrogens is 3. The van der Waals surface area contributed by atoms with Gasteiger partial charge in [0.1, 0.15) is 11.4 Å². The second-order valence-corrected chi connectivity index (χ2v) is 8.66. The Morgan fingerprint density at radius 1 is 0.882 bits per heavy atom. The van der Waals surface area contributed by atoms with Crippen LogP contribution in [0.3, 0.4) is 0 Å². The third-order valence-corrected chi connectivity index (χ3v) is 6.65. The van der Waals surface area contributed by atoms with Gasteiger partial charge >= 0.3 is 0 Å². The highest BCUT2D eigenvalue weighted by Gasteiger charge is 2.22. The van der Waals surface area contributed by atoms with Crippen molar-refractivity contribution in [3.63, 3.8) is 0 Å². The molecule has 0 N–H and O–H groups in total. The third-order valence-electron chi connectivity index (χ3n) is 5.82. The standard InChI is InChI=1S/C27H24N4O2S/c1-19-25(26(32)31(29(19)2)22-12-8-5-9-13-22)30-24(20-14-16-23(33-3)17-15-20)18-34-27(30)28-21-10-6-4-7-11-21/h4-18H,1-3H3. The van der Waals surface area contributed by atoms with Crippen LogP contribution in [0.5, 0.6) is 5.75 Å². The van der Waals surface area contributed by atoms with Crippen LogP contribution in [-0.2, 0) is 7.05 Å². The van der Waals surface area contributed by atoms with Crippen LogP contribution < -0.4 is 15.1 Å². The summed E-state index contributed by atoms with van der Waals surface area (Å²) in [5.74, 6) is 0.780. The minimum atomic E-state index is -0.103. The first-order chi connectivity index (χ1) is 16.6. The average Bonchev–Trinajstić information content (AvgIpc) is 3.37. The van der Waals surface area contributed by atoms with Crippen LogP contribution in [-0.4, -0.2) is 21.0 Å². The summed E-state index contributed by atoms with van der Waals surface area (Å²) in [7, 11) is 3.55. The number of nitrogens with zero attached hydrogens (tertiary/aromatic N) is 4. The van der Waals surface area contributed by atoms with Gasteiger partial charge in [-0.15, -0.1) is 11.3 Å². The Kier molecular flexibility index (Phi) is 5.77. The van der Waals surface area contributed by atoms with E-state index >= 15 is 0 Å². The summed E-state index contributed by atoms with van der Waals surface area (Å²) < 4.78 is 10.9. The maximum absolute atomic E-state index is 13.9. The Labute approximate surface area is 201 Å². The first-order valence-corrected chi connectivity index (χ1v) is 11.8. The minimum Gasteiger partial charge on any atom is -0.497 e. The highest BCUT2D eigenvalue weighted by molar-refractivity contribution is 7.07. The van der Waals surface area contributed by atoms with E-state index in [1.807, 2.05) is 114 Å². The second-order valence-electron chi connectivity index (χ2n) is 7.82. The first kappa shape index (κ1) is 21.7. The van der Waals surface area contributed by atoms with Crippen LogP contribution in [0.15, 0.2) is 100 Å². The number of thiazole rings is 1. The van der Waals surface area contributed by atoms with Crippen LogP contribution in [0.4, 0.5) is 5.69 Å².